The molecule has 1 amide bonds. The summed E-state index contributed by atoms with van der Waals surface area (Å²) in [4.78, 5) is 11.7. The summed E-state index contributed by atoms with van der Waals surface area (Å²) in [5.41, 5.74) is -0.911. The highest BCUT2D eigenvalue weighted by Gasteiger charge is 2.34. The first-order valence-electron chi connectivity index (χ1n) is 7.23. The molecule has 136 valence electrons. The Morgan fingerprint density at radius 1 is 1.21 bits per heavy atom. The van der Waals surface area contributed by atoms with Crippen molar-refractivity contribution in [1.82, 2.24) is 5.32 Å². The van der Waals surface area contributed by atoms with E-state index < -0.39 is 44.5 Å². The molecule has 0 saturated heterocycles. The number of carbonyl (C=O) groups excluding carboxylic acids is 1. The van der Waals surface area contributed by atoms with Crippen LogP contribution in [0.2, 0.25) is 0 Å². The summed E-state index contributed by atoms with van der Waals surface area (Å²) in [5.74, 6) is -1.74. The molecule has 0 bridgehead atoms. The first kappa shape index (κ1) is 20.3. The lowest BCUT2D eigenvalue weighted by Gasteiger charge is -2.18. The number of ether oxygens (including phenoxy) is 1. The van der Waals surface area contributed by atoms with Gasteiger partial charge in [-0.1, -0.05) is 12.1 Å². The van der Waals surface area contributed by atoms with Crippen molar-refractivity contribution in [3.63, 3.8) is 0 Å². The van der Waals surface area contributed by atoms with Crippen molar-refractivity contribution in [2.24, 2.45) is 0 Å². The average molecular weight is 367 g/mol. The lowest BCUT2D eigenvalue weighted by atomic mass is 10.2. The normalized spacial score (nSPS) is 13.6. The number of nitrogens with one attached hydrogen (secondary N) is 1. The molecule has 1 aromatic carbocycles. The molecular formula is C15H20F3NO4S. The van der Waals surface area contributed by atoms with Crippen LogP contribution in [-0.4, -0.2) is 38.0 Å². The maximum atomic E-state index is 12.8. The Bertz CT molecular complexity index is 672. The number of para-hydroxylation sites is 1. The van der Waals surface area contributed by atoms with E-state index in [2.05, 4.69) is 5.32 Å². The van der Waals surface area contributed by atoms with Crippen molar-refractivity contribution in [1.29, 1.82) is 0 Å². The molecule has 0 fully saturated rings. The van der Waals surface area contributed by atoms with E-state index in [0.29, 0.717) is 0 Å². The molecule has 1 rings (SSSR count). The SMILES string of the molecule is CC(COc1ccccc1C(F)(F)F)NC(=O)CS(=O)(=O)C(C)C. The lowest BCUT2D eigenvalue weighted by molar-refractivity contribution is -0.139. The topological polar surface area (TPSA) is 72.5 Å². The molecule has 24 heavy (non-hydrogen) atoms. The zero-order chi connectivity index (χ0) is 18.5. The lowest BCUT2D eigenvalue weighted by Crippen LogP contribution is -2.41. The fourth-order valence-electron chi connectivity index (χ4n) is 1.75. The number of rotatable bonds is 7. The van der Waals surface area contributed by atoms with Gasteiger partial charge in [0.15, 0.2) is 9.84 Å². The Kier molecular flexibility index (Phi) is 6.65. The Hall–Kier alpha value is -1.77. The Morgan fingerprint density at radius 2 is 1.79 bits per heavy atom. The Balaban J connectivity index is 2.62. The second kappa shape index (κ2) is 7.87. The van der Waals surface area contributed by atoms with Crippen LogP contribution < -0.4 is 10.1 Å². The van der Waals surface area contributed by atoms with Crippen molar-refractivity contribution in [3.8, 4) is 5.75 Å². The van der Waals surface area contributed by atoms with Gasteiger partial charge in [0, 0.05) is 0 Å². The summed E-state index contributed by atoms with van der Waals surface area (Å²) in [7, 11) is -3.54. The summed E-state index contributed by atoms with van der Waals surface area (Å²) in [6.07, 6.45) is -4.55. The highest BCUT2D eigenvalue weighted by molar-refractivity contribution is 7.92. The summed E-state index contributed by atoms with van der Waals surface area (Å²) >= 11 is 0. The number of amides is 1. The number of halogens is 3. The molecule has 1 atom stereocenters. The van der Waals surface area contributed by atoms with Gasteiger partial charge >= 0.3 is 6.18 Å². The summed E-state index contributed by atoms with van der Waals surface area (Å²) in [6, 6.07) is 4.08. The fourth-order valence-corrected chi connectivity index (χ4v) is 2.53. The third-order valence-corrected chi connectivity index (χ3v) is 5.24. The Morgan fingerprint density at radius 3 is 2.33 bits per heavy atom. The highest BCUT2D eigenvalue weighted by Crippen LogP contribution is 2.35. The molecule has 0 aliphatic rings. The average Bonchev–Trinajstić information content (AvgIpc) is 2.43. The molecular weight excluding hydrogens is 347 g/mol. The number of hydrogen-bond acceptors (Lipinski definition) is 4. The molecule has 0 saturated carbocycles. The minimum Gasteiger partial charge on any atom is -0.491 e. The first-order valence-corrected chi connectivity index (χ1v) is 8.95. The van der Waals surface area contributed by atoms with E-state index in [1.807, 2.05) is 0 Å². The monoisotopic (exact) mass is 367 g/mol. The molecule has 9 heteroatoms. The van der Waals surface area contributed by atoms with Gasteiger partial charge in [-0.05, 0) is 32.9 Å². The van der Waals surface area contributed by atoms with E-state index in [1.165, 1.54) is 39.0 Å². The third kappa shape index (κ3) is 6.03. The van der Waals surface area contributed by atoms with Crippen molar-refractivity contribution in [3.05, 3.63) is 29.8 Å². The van der Waals surface area contributed by atoms with Crippen LogP contribution in [0, 0.1) is 0 Å². The van der Waals surface area contributed by atoms with Crippen molar-refractivity contribution >= 4 is 15.7 Å². The van der Waals surface area contributed by atoms with E-state index >= 15 is 0 Å². The van der Waals surface area contributed by atoms with Crippen LogP contribution in [0.25, 0.3) is 0 Å². The standard InChI is InChI=1S/C15H20F3NO4S/c1-10(2)24(21,22)9-14(20)19-11(3)8-23-13-7-5-4-6-12(13)15(16,17)18/h4-7,10-11H,8-9H2,1-3H3,(H,19,20). The zero-order valence-electron chi connectivity index (χ0n) is 13.6. The van der Waals surface area contributed by atoms with Gasteiger partial charge < -0.3 is 10.1 Å². The zero-order valence-corrected chi connectivity index (χ0v) is 14.4. The molecule has 1 N–H and O–H groups in total. The van der Waals surface area contributed by atoms with Crippen molar-refractivity contribution in [2.45, 2.75) is 38.2 Å². The van der Waals surface area contributed by atoms with Gasteiger partial charge in [-0.15, -0.1) is 0 Å². The predicted molar refractivity (Wildman–Crippen MR) is 83.5 cm³/mol. The van der Waals surface area contributed by atoms with Crippen LogP contribution in [-0.2, 0) is 20.8 Å². The summed E-state index contributed by atoms with van der Waals surface area (Å²) in [5, 5.41) is 1.71. The molecule has 1 unspecified atom stereocenters. The summed E-state index contributed by atoms with van der Waals surface area (Å²) < 4.78 is 66.9. The van der Waals surface area contributed by atoms with Gasteiger partial charge in [-0.3, -0.25) is 4.79 Å². The van der Waals surface area contributed by atoms with Crippen LogP contribution in [0.3, 0.4) is 0 Å². The van der Waals surface area contributed by atoms with Crippen LogP contribution >= 0.6 is 0 Å². The second-order valence-electron chi connectivity index (χ2n) is 5.63. The van der Waals surface area contributed by atoms with Crippen LogP contribution in [0.1, 0.15) is 26.3 Å². The molecule has 0 aliphatic carbocycles. The largest absolute Gasteiger partial charge is 0.491 e. The number of sulfone groups is 1. The minimum absolute atomic E-state index is 0.222. The predicted octanol–water partition coefficient (Wildman–Crippen LogP) is 2.41. The van der Waals surface area contributed by atoms with E-state index in [0.717, 1.165) is 6.07 Å². The molecule has 0 aromatic heterocycles. The van der Waals surface area contributed by atoms with E-state index in [1.54, 1.807) is 0 Å². The second-order valence-corrected chi connectivity index (χ2v) is 8.19. The molecule has 0 spiro atoms. The number of carbonyl (C=O) groups is 1. The van der Waals surface area contributed by atoms with Crippen LogP contribution in [0.4, 0.5) is 13.2 Å². The van der Waals surface area contributed by atoms with E-state index in [4.69, 9.17) is 4.74 Å². The van der Waals surface area contributed by atoms with Gasteiger partial charge in [-0.2, -0.15) is 13.2 Å². The van der Waals surface area contributed by atoms with E-state index in [-0.39, 0.29) is 12.4 Å². The maximum absolute atomic E-state index is 12.8. The van der Waals surface area contributed by atoms with Crippen molar-refractivity contribution in [2.75, 3.05) is 12.4 Å². The molecule has 1 aromatic rings. The Labute approximate surface area is 139 Å². The molecule has 0 radical (unpaired) electrons. The smallest absolute Gasteiger partial charge is 0.419 e. The highest BCUT2D eigenvalue weighted by atomic mass is 32.2. The van der Waals surface area contributed by atoms with Gasteiger partial charge in [0.1, 0.15) is 18.1 Å². The minimum atomic E-state index is -4.55. The maximum Gasteiger partial charge on any atom is 0.419 e. The first-order chi connectivity index (χ1) is 10.9. The van der Waals surface area contributed by atoms with Crippen LogP contribution in [0.5, 0.6) is 5.75 Å². The quantitative estimate of drug-likeness (QED) is 0.803. The fraction of sp³-hybridized carbons (Fsp3) is 0.533. The summed E-state index contributed by atoms with van der Waals surface area (Å²) in [6.45, 7) is 4.21. The number of alkyl halides is 3. The van der Waals surface area contributed by atoms with Crippen LogP contribution in [0.15, 0.2) is 24.3 Å². The van der Waals surface area contributed by atoms with Gasteiger partial charge in [0.05, 0.1) is 16.9 Å². The van der Waals surface area contributed by atoms with Crippen molar-refractivity contribution < 1.29 is 31.1 Å². The van der Waals surface area contributed by atoms with Gasteiger partial charge in [-0.25, -0.2) is 8.42 Å². The van der Waals surface area contributed by atoms with Gasteiger partial charge in [0.25, 0.3) is 0 Å². The molecule has 5 nitrogen and oxygen atoms in total. The molecule has 0 aliphatic heterocycles. The van der Waals surface area contributed by atoms with Gasteiger partial charge in [0.2, 0.25) is 5.91 Å². The van der Waals surface area contributed by atoms with E-state index in [9.17, 15) is 26.4 Å². The third-order valence-electron chi connectivity index (χ3n) is 3.14. The molecule has 0 heterocycles. The number of hydrogen-bond donors (Lipinski definition) is 1. The number of benzene rings is 1.